The number of benzene rings is 1. The summed E-state index contributed by atoms with van der Waals surface area (Å²) in [6.07, 6.45) is 4.00. The van der Waals surface area contributed by atoms with Gasteiger partial charge < -0.3 is 0 Å². The number of halogens is 1. The van der Waals surface area contributed by atoms with Crippen LogP contribution >= 0.6 is 27.3 Å². The molecule has 0 spiro atoms. The van der Waals surface area contributed by atoms with Crippen molar-refractivity contribution in [2.24, 2.45) is 0 Å². The zero-order chi connectivity index (χ0) is 15.6. The zero-order valence-corrected chi connectivity index (χ0v) is 15.3. The van der Waals surface area contributed by atoms with E-state index in [1.165, 1.54) is 0 Å². The molecule has 118 valence electrons. The molecule has 1 atom stereocenters. The molecule has 2 aromatic rings. The Morgan fingerprint density at radius 1 is 1.09 bits per heavy atom. The zero-order valence-electron chi connectivity index (χ0n) is 12.1. The van der Waals surface area contributed by atoms with Crippen molar-refractivity contribution in [3.8, 4) is 0 Å². The second-order valence-electron chi connectivity index (χ2n) is 5.45. The third-order valence-corrected chi connectivity index (χ3v) is 7.42. The Hall–Kier alpha value is -0.690. The van der Waals surface area contributed by atoms with Gasteiger partial charge in [0.05, 0.1) is 10.9 Å². The third-order valence-electron chi connectivity index (χ3n) is 4.00. The molecule has 1 unspecified atom stereocenters. The van der Waals surface area contributed by atoms with Gasteiger partial charge in [0.25, 0.3) is 0 Å². The van der Waals surface area contributed by atoms with Gasteiger partial charge in [-0.1, -0.05) is 34.8 Å². The Labute approximate surface area is 144 Å². The summed E-state index contributed by atoms with van der Waals surface area (Å²) in [6, 6.07) is 10.9. The summed E-state index contributed by atoms with van der Waals surface area (Å²) in [5, 5.41) is 2.02. The Balaban J connectivity index is 1.99. The minimum absolute atomic E-state index is 0.0313. The van der Waals surface area contributed by atoms with Crippen LogP contribution < -0.4 is 0 Å². The SMILES string of the molecule is O=S(=O)(c1ccc(Br)cc1)N1CCCCCC1c1cccs1. The van der Waals surface area contributed by atoms with E-state index in [-0.39, 0.29) is 6.04 Å². The lowest BCUT2D eigenvalue weighted by molar-refractivity contribution is 0.333. The van der Waals surface area contributed by atoms with Crippen LogP contribution in [0.1, 0.15) is 36.6 Å². The van der Waals surface area contributed by atoms with E-state index in [1.54, 1.807) is 39.9 Å². The molecule has 0 bridgehead atoms. The number of nitrogens with zero attached hydrogens (tertiary/aromatic N) is 1. The van der Waals surface area contributed by atoms with Crippen LogP contribution in [0.25, 0.3) is 0 Å². The van der Waals surface area contributed by atoms with Crippen LogP contribution in [-0.4, -0.2) is 19.3 Å². The Morgan fingerprint density at radius 2 is 1.86 bits per heavy atom. The first-order valence-corrected chi connectivity index (χ1v) is 10.5. The average molecular weight is 400 g/mol. The summed E-state index contributed by atoms with van der Waals surface area (Å²) >= 11 is 5.00. The molecule has 0 saturated carbocycles. The predicted molar refractivity (Wildman–Crippen MR) is 93.6 cm³/mol. The summed E-state index contributed by atoms with van der Waals surface area (Å²) < 4.78 is 28.7. The smallest absolute Gasteiger partial charge is 0.207 e. The van der Waals surface area contributed by atoms with Crippen LogP contribution in [0.4, 0.5) is 0 Å². The maximum Gasteiger partial charge on any atom is 0.243 e. The van der Waals surface area contributed by atoms with Crippen LogP contribution in [0.5, 0.6) is 0 Å². The van der Waals surface area contributed by atoms with Crippen LogP contribution in [0.3, 0.4) is 0 Å². The summed E-state index contributed by atoms with van der Waals surface area (Å²) in [5.74, 6) is 0. The Kier molecular flexibility index (Phi) is 5.02. The van der Waals surface area contributed by atoms with Gasteiger partial charge in [0.15, 0.2) is 0 Å². The molecular formula is C16H18BrNO2S2. The quantitative estimate of drug-likeness (QED) is 0.741. The third kappa shape index (κ3) is 3.30. The normalized spacial score (nSPS) is 20.7. The fourth-order valence-corrected chi connectivity index (χ4v) is 5.76. The van der Waals surface area contributed by atoms with Crippen molar-refractivity contribution in [3.05, 3.63) is 51.1 Å². The molecule has 1 aliphatic heterocycles. The molecule has 1 aromatic carbocycles. The van der Waals surface area contributed by atoms with Gasteiger partial charge in [-0.15, -0.1) is 11.3 Å². The number of hydrogen-bond acceptors (Lipinski definition) is 3. The average Bonchev–Trinajstić information content (AvgIpc) is 2.91. The highest BCUT2D eigenvalue weighted by molar-refractivity contribution is 9.10. The van der Waals surface area contributed by atoms with Crippen molar-refractivity contribution >= 4 is 37.3 Å². The summed E-state index contributed by atoms with van der Waals surface area (Å²) in [5.41, 5.74) is 0. The van der Waals surface area contributed by atoms with E-state index in [9.17, 15) is 8.42 Å². The highest BCUT2D eigenvalue weighted by atomic mass is 79.9. The summed E-state index contributed by atoms with van der Waals surface area (Å²) in [6.45, 7) is 0.598. The van der Waals surface area contributed by atoms with E-state index < -0.39 is 10.0 Å². The molecule has 1 aromatic heterocycles. The molecule has 22 heavy (non-hydrogen) atoms. The van der Waals surface area contributed by atoms with Crippen LogP contribution in [0.2, 0.25) is 0 Å². The minimum atomic E-state index is -3.46. The first kappa shape index (κ1) is 16.2. The molecule has 0 radical (unpaired) electrons. The van der Waals surface area contributed by atoms with Crippen molar-refractivity contribution < 1.29 is 8.42 Å². The number of sulfonamides is 1. The van der Waals surface area contributed by atoms with E-state index in [1.807, 2.05) is 17.5 Å². The maximum atomic E-state index is 13.1. The van der Waals surface area contributed by atoms with Gasteiger partial charge in [0.2, 0.25) is 10.0 Å². The van der Waals surface area contributed by atoms with Crippen molar-refractivity contribution in [1.82, 2.24) is 4.31 Å². The lowest BCUT2D eigenvalue weighted by Gasteiger charge is -2.28. The molecule has 0 amide bonds. The number of thiophene rings is 1. The molecule has 1 aliphatic rings. The predicted octanol–water partition coefficient (Wildman–Crippen LogP) is 4.82. The van der Waals surface area contributed by atoms with Crippen molar-refractivity contribution in [1.29, 1.82) is 0 Å². The molecule has 1 fully saturated rings. The van der Waals surface area contributed by atoms with Gasteiger partial charge in [0, 0.05) is 15.9 Å². The fraction of sp³-hybridized carbons (Fsp3) is 0.375. The van der Waals surface area contributed by atoms with E-state index in [2.05, 4.69) is 15.9 Å². The maximum absolute atomic E-state index is 13.1. The van der Waals surface area contributed by atoms with Crippen LogP contribution in [-0.2, 0) is 10.0 Å². The van der Waals surface area contributed by atoms with E-state index >= 15 is 0 Å². The summed E-state index contributed by atoms with van der Waals surface area (Å²) in [7, 11) is -3.46. The van der Waals surface area contributed by atoms with Gasteiger partial charge in [-0.3, -0.25) is 0 Å². The van der Waals surface area contributed by atoms with E-state index in [0.29, 0.717) is 11.4 Å². The number of hydrogen-bond donors (Lipinski definition) is 0. The lowest BCUT2D eigenvalue weighted by atomic mass is 10.1. The summed E-state index contributed by atoms with van der Waals surface area (Å²) in [4.78, 5) is 1.52. The standard InChI is InChI=1S/C16H18BrNO2S2/c17-13-7-9-14(10-8-13)22(19,20)18-11-3-1-2-5-15(18)16-6-4-12-21-16/h4,6-10,12,15H,1-3,5,11H2. The molecule has 2 heterocycles. The Morgan fingerprint density at radius 3 is 2.55 bits per heavy atom. The Bertz CT molecular complexity index is 711. The molecule has 6 heteroatoms. The van der Waals surface area contributed by atoms with Crippen molar-refractivity contribution in [2.75, 3.05) is 6.54 Å². The van der Waals surface area contributed by atoms with E-state index in [0.717, 1.165) is 35.0 Å². The van der Waals surface area contributed by atoms with E-state index in [4.69, 9.17) is 0 Å². The highest BCUT2D eigenvalue weighted by Gasteiger charge is 2.33. The van der Waals surface area contributed by atoms with Gasteiger partial charge >= 0.3 is 0 Å². The first-order valence-electron chi connectivity index (χ1n) is 7.40. The monoisotopic (exact) mass is 399 g/mol. The topological polar surface area (TPSA) is 37.4 Å². The molecule has 3 rings (SSSR count). The van der Waals surface area contributed by atoms with Crippen molar-refractivity contribution in [2.45, 2.75) is 36.6 Å². The van der Waals surface area contributed by atoms with Crippen LogP contribution in [0, 0.1) is 0 Å². The van der Waals surface area contributed by atoms with Crippen LogP contribution in [0.15, 0.2) is 51.1 Å². The fourth-order valence-electron chi connectivity index (χ4n) is 2.88. The van der Waals surface area contributed by atoms with Gasteiger partial charge in [-0.2, -0.15) is 4.31 Å². The molecule has 0 aliphatic carbocycles. The second-order valence-corrected chi connectivity index (χ2v) is 9.24. The van der Waals surface area contributed by atoms with Gasteiger partial charge in [0.1, 0.15) is 0 Å². The molecular weight excluding hydrogens is 382 g/mol. The molecule has 1 saturated heterocycles. The lowest BCUT2D eigenvalue weighted by Crippen LogP contribution is -2.34. The number of rotatable bonds is 3. The first-order chi connectivity index (χ1) is 10.6. The minimum Gasteiger partial charge on any atom is -0.207 e. The van der Waals surface area contributed by atoms with Crippen molar-refractivity contribution in [3.63, 3.8) is 0 Å². The largest absolute Gasteiger partial charge is 0.243 e. The van der Waals surface area contributed by atoms with Gasteiger partial charge in [-0.05, 0) is 48.6 Å². The second kappa shape index (κ2) is 6.83. The highest BCUT2D eigenvalue weighted by Crippen LogP contribution is 2.36. The van der Waals surface area contributed by atoms with Gasteiger partial charge in [-0.25, -0.2) is 8.42 Å². The molecule has 3 nitrogen and oxygen atoms in total. The molecule has 0 N–H and O–H groups in total.